The first-order valence-corrected chi connectivity index (χ1v) is 30.4. The molecule has 444 valence electrons. The molecule has 0 aliphatic heterocycles. The maximum Gasteiger partial charge on any atom is 0.338 e. The molecule has 3 N–H and O–H groups in total. The van der Waals surface area contributed by atoms with E-state index in [9.17, 15) is 29.7 Å². The molecule has 3 rings (SSSR count). The van der Waals surface area contributed by atoms with E-state index < -0.39 is 0 Å². The molecule has 0 heterocycles. The van der Waals surface area contributed by atoms with E-state index >= 15 is 0 Å². The molecule has 0 aliphatic carbocycles. The fourth-order valence-electron chi connectivity index (χ4n) is 9.33. The van der Waals surface area contributed by atoms with Crippen LogP contribution < -0.4 is 0 Å². The summed E-state index contributed by atoms with van der Waals surface area (Å²) in [7, 11) is 0. The van der Waals surface area contributed by atoms with E-state index in [1.165, 1.54) is 152 Å². The van der Waals surface area contributed by atoms with Gasteiger partial charge in [0.2, 0.25) is 0 Å². The van der Waals surface area contributed by atoms with Crippen LogP contribution in [-0.2, 0) is 14.2 Å². The summed E-state index contributed by atoms with van der Waals surface area (Å²) in [6.45, 7) is 34.7. The van der Waals surface area contributed by atoms with Crippen molar-refractivity contribution in [3.8, 4) is 17.2 Å². The predicted octanol–water partition coefficient (Wildman–Crippen LogP) is 16.2. The highest BCUT2D eigenvalue weighted by molar-refractivity contribution is 5.90. The first kappa shape index (κ1) is 71.4. The monoisotopic (exact) mass is 1090 g/mol. The summed E-state index contributed by atoms with van der Waals surface area (Å²) < 4.78 is 16.9. The summed E-state index contributed by atoms with van der Waals surface area (Å²) in [5.74, 6) is -0.555. The predicted molar refractivity (Wildman–Crippen MR) is 323 cm³/mol. The van der Waals surface area contributed by atoms with E-state index in [1.807, 2.05) is 20.8 Å². The first-order valence-electron chi connectivity index (χ1n) is 30.4. The second kappa shape index (κ2) is 41.4. The molecule has 0 saturated heterocycles. The lowest BCUT2D eigenvalue weighted by Crippen LogP contribution is -2.57. The van der Waals surface area contributed by atoms with Crippen LogP contribution in [0.2, 0.25) is 0 Å². The number of rotatable bonds is 38. The average molecular weight is 1090 g/mol. The van der Waals surface area contributed by atoms with Crippen molar-refractivity contribution in [3.63, 3.8) is 0 Å². The molecular weight excluding hydrogens is 979 g/mol. The summed E-state index contributed by atoms with van der Waals surface area (Å²) in [5.41, 5.74) is 1.47. The number of carbonyl (C=O) groups excluding carboxylic acids is 3. The lowest BCUT2D eigenvalue weighted by Gasteiger charge is -2.49. The standard InChI is InChI=1S/C24H41NO3.C22H37NO3.C20H33NO3/c1-4-6-8-10-12-18-25(19-13-11-9-7-5-2)20-21(3)28-24(27)22-14-16-23(26)17-15-22;1-4-6-8-10-16-23(17-11-9-7-5-2)18-19(3)26-22(25)20-12-14-21(24)15-13-20;1-8-19(4,5)21(20(6,7)9-2)14-15(3)24-18(23)16-10-12-17(22)13-11-16/h14-17,21,26H,4-13,18-20H2,1-3H3;12-15,19,24H,4-11,16-18H2,1-3H3;10-13,15,22H,8-9,14H2,1-7H3. The quantitative estimate of drug-likeness (QED) is 0.0285. The van der Waals surface area contributed by atoms with Crippen molar-refractivity contribution in [1.29, 1.82) is 0 Å². The molecule has 12 heteroatoms. The average Bonchev–Trinajstić information content (AvgIpc) is 3.40. The Balaban J connectivity index is 0.000000587. The third kappa shape index (κ3) is 31.8. The molecule has 0 bridgehead atoms. The zero-order valence-electron chi connectivity index (χ0n) is 51.4. The summed E-state index contributed by atoms with van der Waals surface area (Å²) in [5, 5.41) is 28.0. The van der Waals surface area contributed by atoms with E-state index in [2.05, 4.69) is 83.9 Å². The lowest BCUT2D eigenvalue weighted by molar-refractivity contribution is -0.0320. The van der Waals surface area contributed by atoms with Crippen LogP contribution in [0.15, 0.2) is 72.8 Å². The van der Waals surface area contributed by atoms with Crippen LogP contribution in [0, 0.1) is 0 Å². The van der Waals surface area contributed by atoms with Crippen LogP contribution in [0.1, 0.15) is 249 Å². The van der Waals surface area contributed by atoms with Gasteiger partial charge in [-0.15, -0.1) is 0 Å². The Labute approximate surface area is 475 Å². The molecule has 0 aliphatic rings. The van der Waals surface area contributed by atoms with Gasteiger partial charge in [-0.3, -0.25) is 14.7 Å². The van der Waals surface area contributed by atoms with Gasteiger partial charge in [0.25, 0.3) is 0 Å². The summed E-state index contributed by atoms with van der Waals surface area (Å²) in [6.07, 6.45) is 24.3. The third-order valence-electron chi connectivity index (χ3n) is 14.7. The van der Waals surface area contributed by atoms with Crippen molar-refractivity contribution < 1.29 is 43.9 Å². The minimum absolute atomic E-state index is 0.0265. The number of unbranched alkanes of at least 4 members (excludes halogenated alkanes) is 14. The van der Waals surface area contributed by atoms with Gasteiger partial charge in [-0.05, 0) is 186 Å². The smallest absolute Gasteiger partial charge is 0.338 e. The molecule has 3 unspecified atom stereocenters. The Bertz CT molecular complexity index is 1950. The number of aromatic hydroxyl groups is 3. The molecular formula is C66H111N3O9. The largest absolute Gasteiger partial charge is 0.508 e. The van der Waals surface area contributed by atoms with Gasteiger partial charge in [0, 0.05) is 30.7 Å². The highest BCUT2D eigenvalue weighted by Gasteiger charge is 2.37. The van der Waals surface area contributed by atoms with Crippen LogP contribution in [0.4, 0.5) is 0 Å². The minimum Gasteiger partial charge on any atom is -0.508 e. The zero-order chi connectivity index (χ0) is 58.4. The van der Waals surface area contributed by atoms with E-state index in [0.29, 0.717) is 23.2 Å². The maximum atomic E-state index is 12.3. The Morgan fingerprint density at radius 3 is 0.859 bits per heavy atom. The molecule has 0 aromatic heterocycles. The number of carbonyl (C=O) groups is 3. The van der Waals surface area contributed by atoms with Crippen molar-refractivity contribution in [1.82, 2.24) is 14.7 Å². The van der Waals surface area contributed by atoms with Gasteiger partial charge in [0.1, 0.15) is 35.6 Å². The van der Waals surface area contributed by atoms with Crippen molar-refractivity contribution in [2.45, 2.75) is 248 Å². The van der Waals surface area contributed by atoms with Gasteiger partial charge in [-0.1, -0.05) is 131 Å². The van der Waals surface area contributed by atoms with E-state index in [-0.39, 0.29) is 64.5 Å². The Hall–Kier alpha value is -4.65. The number of nitrogens with zero attached hydrogens (tertiary/aromatic N) is 3. The molecule has 12 nitrogen and oxygen atoms in total. The summed E-state index contributed by atoms with van der Waals surface area (Å²) in [4.78, 5) is 44.1. The maximum absolute atomic E-state index is 12.3. The second-order valence-corrected chi connectivity index (χ2v) is 22.8. The van der Waals surface area contributed by atoms with Crippen molar-refractivity contribution in [3.05, 3.63) is 89.5 Å². The summed E-state index contributed by atoms with van der Waals surface area (Å²) in [6, 6.07) is 18.6. The van der Waals surface area contributed by atoms with Crippen LogP contribution in [0.5, 0.6) is 17.2 Å². The number of phenols is 3. The summed E-state index contributed by atoms with van der Waals surface area (Å²) >= 11 is 0. The zero-order valence-corrected chi connectivity index (χ0v) is 51.4. The molecule has 0 spiro atoms. The van der Waals surface area contributed by atoms with Gasteiger partial charge in [0.05, 0.1) is 16.7 Å². The van der Waals surface area contributed by atoms with E-state index in [4.69, 9.17) is 14.2 Å². The van der Waals surface area contributed by atoms with Crippen LogP contribution >= 0.6 is 0 Å². The van der Waals surface area contributed by atoms with Crippen molar-refractivity contribution >= 4 is 17.9 Å². The highest BCUT2D eigenvalue weighted by atomic mass is 16.6. The first-order chi connectivity index (χ1) is 37.2. The van der Waals surface area contributed by atoms with Crippen LogP contribution in [0.25, 0.3) is 0 Å². The van der Waals surface area contributed by atoms with E-state index in [1.54, 1.807) is 36.4 Å². The normalized spacial score (nSPS) is 12.8. The second-order valence-electron chi connectivity index (χ2n) is 22.8. The Kier molecular flexibility index (Phi) is 37.9. The third-order valence-corrected chi connectivity index (χ3v) is 14.7. The topological polar surface area (TPSA) is 149 Å². The molecule has 78 heavy (non-hydrogen) atoms. The van der Waals surface area contributed by atoms with Crippen molar-refractivity contribution in [2.75, 3.05) is 45.8 Å². The van der Waals surface area contributed by atoms with Gasteiger partial charge >= 0.3 is 17.9 Å². The highest BCUT2D eigenvalue weighted by Crippen LogP contribution is 2.31. The Morgan fingerprint density at radius 1 is 0.385 bits per heavy atom. The van der Waals surface area contributed by atoms with Gasteiger partial charge in [-0.2, -0.15) is 0 Å². The molecule has 3 aromatic carbocycles. The van der Waals surface area contributed by atoms with Crippen LogP contribution in [-0.4, -0.2) is 123 Å². The molecule has 3 atom stereocenters. The molecule has 0 saturated carbocycles. The number of hydrogen-bond donors (Lipinski definition) is 3. The van der Waals surface area contributed by atoms with E-state index in [0.717, 1.165) is 52.1 Å². The molecule has 0 fully saturated rings. The molecule has 3 aromatic rings. The van der Waals surface area contributed by atoms with Crippen LogP contribution in [0.3, 0.4) is 0 Å². The molecule has 0 radical (unpaired) electrons. The lowest BCUT2D eigenvalue weighted by atomic mass is 9.89. The van der Waals surface area contributed by atoms with Crippen molar-refractivity contribution in [2.24, 2.45) is 0 Å². The number of ether oxygens (including phenoxy) is 3. The number of phenolic OH excluding ortho intramolecular Hbond substituents is 3. The minimum atomic E-state index is -0.356. The fraction of sp³-hybridized carbons (Fsp3) is 0.682. The van der Waals surface area contributed by atoms with Gasteiger partial charge in [0.15, 0.2) is 0 Å². The molecule has 0 amide bonds. The SMILES string of the molecule is CCC(C)(C)N(CC(C)OC(=O)c1ccc(O)cc1)C(C)(C)CC.CCCCCCCN(CCCCCCC)CC(C)OC(=O)c1ccc(O)cc1.CCCCCCN(CCCCCC)CC(C)OC(=O)c1ccc(O)cc1. The Morgan fingerprint density at radius 2 is 0.615 bits per heavy atom. The number of esters is 3. The number of benzene rings is 3. The fourth-order valence-corrected chi connectivity index (χ4v) is 9.33. The van der Waals surface area contributed by atoms with Gasteiger partial charge < -0.3 is 29.5 Å². The number of hydrogen-bond acceptors (Lipinski definition) is 12. The van der Waals surface area contributed by atoms with Gasteiger partial charge in [-0.25, -0.2) is 14.4 Å².